The summed E-state index contributed by atoms with van der Waals surface area (Å²) in [4.78, 5) is 0. The highest BCUT2D eigenvalue weighted by Gasteiger charge is 2.50. The van der Waals surface area contributed by atoms with E-state index in [0.717, 1.165) is 12.8 Å². The third kappa shape index (κ3) is 0.882. The average molecular weight is 168 g/mol. The van der Waals surface area contributed by atoms with Gasteiger partial charge in [0, 0.05) is 11.8 Å². The summed E-state index contributed by atoms with van der Waals surface area (Å²) in [6.45, 7) is 4.15. The summed E-state index contributed by atoms with van der Waals surface area (Å²) >= 11 is 0. The Balaban J connectivity index is 2.37. The molecule has 0 saturated heterocycles. The number of aliphatic hydroxyl groups excluding tert-OH is 2. The lowest BCUT2D eigenvalue weighted by Gasteiger charge is -2.20. The van der Waals surface area contributed by atoms with Crippen molar-refractivity contribution in [3.63, 3.8) is 0 Å². The van der Waals surface area contributed by atoms with Gasteiger partial charge in [0.05, 0.1) is 12.2 Å². The van der Waals surface area contributed by atoms with Gasteiger partial charge in [-0.05, 0) is 26.7 Å². The molecule has 0 aromatic carbocycles. The van der Waals surface area contributed by atoms with Crippen molar-refractivity contribution in [3.8, 4) is 0 Å². The summed E-state index contributed by atoms with van der Waals surface area (Å²) < 4.78 is 0. The lowest BCUT2D eigenvalue weighted by molar-refractivity contribution is -0.0160. The highest BCUT2D eigenvalue weighted by Crippen LogP contribution is 2.50. The zero-order valence-electron chi connectivity index (χ0n) is 7.62. The normalized spacial score (nSPS) is 45.5. The summed E-state index contributed by atoms with van der Waals surface area (Å²) in [5, 5.41) is 19.2. The molecule has 0 aliphatic heterocycles. The van der Waals surface area contributed by atoms with Gasteiger partial charge in [0.1, 0.15) is 0 Å². The first-order valence-electron chi connectivity index (χ1n) is 4.66. The second kappa shape index (κ2) is 2.57. The smallest absolute Gasteiger partial charge is 0.0870 e. The minimum atomic E-state index is -0.492. The molecule has 0 heterocycles. The van der Waals surface area contributed by atoms with Gasteiger partial charge in [-0.3, -0.25) is 0 Å². The Morgan fingerprint density at radius 3 is 1.75 bits per heavy atom. The molecule has 0 spiro atoms. The summed E-state index contributed by atoms with van der Waals surface area (Å²) in [6, 6.07) is 0. The fourth-order valence-corrected chi connectivity index (χ4v) is 2.87. The molecule has 2 bridgehead atoms. The lowest BCUT2D eigenvalue weighted by atomic mass is 9.95. The van der Waals surface area contributed by atoms with Crippen LogP contribution in [0.15, 0.2) is 11.1 Å². The summed E-state index contributed by atoms with van der Waals surface area (Å²) in [6.07, 6.45) is 1.13. The molecule has 0 amide bonds. The van der Waals surface area contributed by atoms with E-state index in [9.17, 15) is 10.2 Å². The maximum absolute atomic E-state index is 9.62. The Labute approximate surface area is 72.9 Å². The molecule has 2 rings (SSSR count). The molecule has 2 heteroatoms. The third-order valence-electron chi connectivity index (χ3n) is 3.34. The average Bonchev–Trinajstić information content (AvgIpc) is 2.51. The summed E-state index contributed by atoms with van der Waals surface area (Å²) in [5.74, 6) is 0.519. The van der Waals surface area contributed by atoms with E-state index in [1.165, 1.54) is 11.1 Å². The van der Waals surface area contributed by atoms with Crippen LogP contribution in [-0.2, 0) is 0 Å². The zero-order chi connectivity index (χ0) is 8.88. The van der Waals surface area contributed by atoms with E-state index in [-0.39, 0.29) is 11.8 Å². The fraction of sp³-hybridized carbons (Fsp3) is 0.800. The van der Waals surface area contributed by atoms with Gasteiger partial charge in [0.25, 0.3) is 0 Å². The maximum atomic E-state index is 9.62. The second-order valence-electron chi connectivity index (χ2n) is 4.23. The predicted molar refractivity (Wildman–Crippen MR) is 46.6 cm³/mol. The minimum Gasteiger partial charge on any atom is -0.390 e. The highest BCUT2D eigenvalue weighted by atomic mass is 16.3. The number of rotatable bonds is 0. The SMILES string of the molecule is CC(C)=C1[C@H]2CC[C@@H]1[C@H](O)[C@@H]2O. The minimum absolute atomic E-state index is 0.259. The van der Waals surface area contributed by atoms with Crippen molar-refractivity contribution >= 4 is 0 Å². The van der Waals surface area contributed by atoms with Crippen molar-refractivity contribution < 1.29 is 10.2 Å². The number of allylic oxidation sites excluding steroid dienone is 1. The van der Waals surface area contributed by atoms with Crippen LogP contribution in [0, 0.1) is 11.8 Å². The fourth-order valence-electron chi connectivity index (χ4n) is 2.87. The van der Waals surface area contributed by atoms with Crippen LogP contribution in [-0.4, -0.2) is 22.4 Å². The molecule has 0 aromatic heterocycles. The summed E-state index contributed by atoms with van der Waals surface area (Å²) in [7, 11) is 0. The van der Waals surface area contributed by atoms with Gasteiger partial charge >= 0.3 is 0 Å². The number of hydrogen-bond donors (Lipinski definition) is 2. The van der Waals surface area contributed by atoms with Gasteiger partial charge in [0.2, 0.25) is 0 Å². The molecule has 0 radical (unpaired) electrons. The van der Waals surface area contributed by atoms with Crippen molar-refractivity contribution in [1.29, 1.82) is 0 Å². The standard InChI is InChI=1S/C10H16O2/c1-5(2)8-6-3-4-7(8)10(12)9(6)11/h6-7,9-12H,3-4H2,1-2H3/t6-,7+,9-,10+. The molecule has 2 saturated carbocycles. The molecule has 2 N–H and O–H groups in total. The van der Waals surface area contributed by atoms with E-state index >= 15 is 0 Å². The van der Waals surface area contributed by atoms with Crippen LogP contribution in [0.1, 0.15) is 26.7 Å². The van der Waals surface area contributed by atoms with Gasteiger partial charge in [-0.25, -0.2) is 0 Å². The second-order valence-corrected chi connectivity index (χ2v) is 4.23. The Bertz CT molecular complexity index is 210. The van der Waals surface area contributed by atoms with E-state index < -0.39 is 12.2 Å². The Hall–Kier alpha value is -0.340. The van der Waals surface area contributed by atoms with Crippen LogP contribution in [0.2, 0.25) is 0 Å². The van der Waals surface area contributed by atoms with Gasteiger partial charge in [0.15, 0.2) is 0 Å². The first kappa shape index (κ1) is 8.27. The molecule has 4 atom stereocenters. The monoisotopic (exact) mass is 168 g/mol. The van der Waals surface area contributed by atoms with Crippen LogP contribution in [0.5, 0.6) is 0 Å². The van der Waals surface area contributed by atoms with Crippen molar-refractivity contribution in [3.05, 3.63) is 11.1 Å². The summed E-state index contributed by atoms with van der Waals surface area (Å²) in [5.41, 5.74) is 2.62. The van der Waals surface area contributed by atoms with Gasteiger partial charge in [-0.15, -0.1) is 0 Å². The van der Waals surface area contributed by atoms with E-state index in [1.54, 1.807) is 0 Å². The number of fused-ring (bicyclic) bond motifs is 2. The van der Waals surface area contributed by atoms with Crippen molar-refractivity contribution in [1.82, 2.24) is 0 Å². The van der Waals surface area contributed by atoms with E-state index in [0.29, 0.717) is 0 Å². The van der Waals surface area contributed by atoms with E-state index in [2.05, 4.69) is 13.8 Å². The Kier molecular flexibility index (Phi) is 1.77. The molecular formula is C10H16O2. The van der Waals surface area contributed by atoms with Gasteiger partial charge in [-0.1, -0.05) is 11.1 Å². The Morgan fingerprint density at radius 2 is 1.50 bits per heavy atom. The molecule has 2 aliphatic carbocycles. The van der Waals surface area contributed by atoms with E-state index in [4.69, 9.17) is 0 Å². The lowest BCUT2D eigenvalue weighted by Crippen LogP contribution is -2.31. The largest absolute Gasteiger partial charge is 0.390 e. The molecule has 2 aliphatic rings. The van der Waals surface area contributed by atoms with Crippen LogP contribution >= 0.6 is 0 Å². The predicted octanol–water partition coefficient (Wildman–Crippen LogP) is 1.08. The first-order valence-corrected chi connectivity index (χ1v) is 4.66. The molecule has 0 aromatic rings. The Morgan fingerprint density at radius 1 is 1.08 bits per heavy atom. The van der Waals surface area contributed by atoms with Crippen molar-refractivity contribution in [2.75, 3.05) is 0 Å². The van der Waals surface area contributed by atoms with Crippen LogP contribution in [0.25, 0.3) is 0 Å². The molecule has 0 unspecified atom stereocenters. The molecule has 2 nitrogen and oxygen atoms in total. The maximum Gasteiger partial charge on any atom is 0.0870 e. The topological polar surface area (TPSA) is 40.5 Å². The molecule has 2 fully saturated rings. The van der Waals surface area contributed by atoms with Gasteiger partial charge < -0.3 is 10.2 Å². The number of aliphatic hydroxyl groups is 2. The van der Waals surface area contributed by atoms with Gasteiger partial charge in [-0.2, -0.15) is 0 Å². The van der Waals surface area contributed by atoms with E-state index in [1.807, 2.05) is 0 Å². The molecule has 68 valence electrons. The van der Waals surface area contributed by atoms with Crippen molar-refractivity contribution in [2.24, 2.45) is 11.8 Å². The van der Waals surface area contributed by atoms with Crippen LogP contribution in [0.3, 0.4) is 0 Å². The quantitative estimate of drug-likeness (QED) is 0.531. The molecular weight excluding hydrogens is 152 g/mol. The number of hydrogen-bond acceptors (Lipinski definition) is 2. The van der Waals surface area contributed by atoms with Crippen LogP contribution in [0.4, 0.5) is 0 Å². The highest BCUT2D eigenvalue weighted by molar-refractivity contribution is 5.29. The first-order chi connectivity index (χ1) is 5.63. The van der Waals surface area contributed by atoms with Crippen LogP contribution < -0.4 is 0 Å². The third-order valence-corrected chi connectivity index (χ3v) is 3.34. The molecule has 12 heavy (non-hydrogen) atoms. The van der Waals surface area contributed by atoms with Crippen molar-refractivity contribution in [2.45, 2.75) is 38.9 Å². The zero-order valence-corrected chi connectivity index (χ0v) is 7.62.